The Morgan fingerprint density at radius 3 is 2.77 bits per heavy atom. The van der Waals surface area contributed by atoms with Gasteiger partial charge in [-0.1, -0.05) is 6.08 Å². The van der Waals surface area contributed by atoms with Crippen LogP contribution in [0, 0.1) is 5.92 Å². The van der Waals surface area contributed by atoms with Crippen LogP contribution in [0.3, 0.4) is 0 Å². The van der Waals surface area contributed by atoms with Crippen molar-refractivity contribution >= 4 is 5.91 Å². The highest BCUT2D eigenvalue weighted by Crippen LogP contribution is 2.44. The van der Waals surface area contributed by atoms with Crippen molar-refractivity contribution in [2.45, 2.75) is 18.8 Å². The van der Waals surface area contributed by atoms with E-state index in [2.05, 4.69) is 5.32 Å². The molecule has 2 atom stereocenters. The molecule has 1 amide bonds. The second-order valence-corrected chi connectivity index (χ2v) is 3.78. The van der Waals surface area contributed by atoms with Crippen LogP contribution in [0.1, 0.15) is 6.92 Å². The summed E-state index contributed by atoms with van der Waals surface area (Å²) < 4.78 is 10.9. The Bertz CT molecular complexity index is 304. The molecule has 2 saturated heterocycles. The molecule has 0 spiro atoms. The molecule has 0 aromatic carbocycles. The highest BCUT2D eigenvalue weighted by Gasteiger charge is 2.55. The van der Waals surface area contributed by atoms with Crippen LogP contribution in [0.4, 0.5) is 0 Å². The second-order valence-electron chi connectivity index (χ2n) is 3.78. The van der Waals surface area contributed by atoms with Crippen molar-refractivity contribution in [3.05, 3.63) is 11.6 Å². The molecule has 4 nitrogen and oxygen atoms in total. The summed E-state index contributed by atoms with van der Waals surface area (Å²) in [5, 5.41) is 2.79. The number of rotatable bonds is 1. The smallest absolute Gasteiger partial charge is 0.230 e. The van der Waals surface area contributed by atoms with Gasteiger partial charge in [-0.3, -0.25) is 4.79 Å². The minimum absolute atomic E-state index is 0.0168. The summed E-state index contributed by atoms with van der Waals surface area (Å²) in [6, 6.07) is 0.243. The minimum Gasteiger partial charge on any atom is -0.348 e. The zero-order valence-corrected chi connectivity index (χ0v) is 7.37. The first-order valence-electron chi connectivity index (χ1n) is 4.51. The van der Waals surface area contributed by atoms with Crippen molar-refractivity contribution in [2.24, 2.45) is 5.92 Å². The van der Waals surface area contributed by atoms with Gasteiger partial charge in [-0.25, -0.2) is 0 Å². The van der Waals surface area contributed by atoms with Crippen LogP contribution in [0.5, 0.6) is 0 Å². The average molecular weight is 181 g/mol. The van der Waals surface area contributed by atoms with Gasteiger partial charge < -0.3 is 14.8 Å². The van der Waals surface area contributed by atoms with E-state index in [0.717, 1.165) is 5.57 Å². The monoisotopic (exact) mass is 181 g/mol. The third-order valence-electron chi connectivity index (χ3n) is 3.01. The van der Waals surface area contributed by atoms with Crippen molar-refractivity contribution in [3.63, 3.8) is 0 Å². The van der Waals surface area contributed by atoms with Crippen molar-refractivity contribution in [3.8, 4) is 0 Å². The number of carbonyl (C=O) groups is 1. The summed E-state index contributed by atoms with van der Waals surface area (Å²) in [6.45, 7) is 3.12. The van der Waals surface area contributed by atoms with Gasteiger partial charge in [-0.2, -0.15) is 0 Å². The molecule has 1 aliphatic carbocycles. The fourth-order valence-corrected chi connectivity index (χ4v) is 2.17. The summed E-state index contributed by atoms with van der Waals surface area (Å²) >= 11 is 0. The van der Waals surface area contributed by atoms with Crippen LogP contribution in [-0.4, -0.2) is 30.9 Å². The molecule has 0 saturated carbocycles. The van der Waals surface area contributed by atoms with Gasteiger partial charge in [-0.15, -0.1) is 0 Å². The van der Waals surface area contributed by atoms with E-state index < -0.39 is 5.79 Å². The van der Waals surface area contributed by atoms with E-state index in [0.29, 0.717) is 13.2 Å². The largest absolute Gasteiger partial charge is 0.348 e. The molecule has 2 aliphatic heterocycles. The summed E-state index contributed by atoms with van der Waals surface area (Å²) in [6.07, 6.45) is 2.03. The first-order chi connectivity index (χ1) is 6.21. The number of amides is 1. The van der Waals surface area contributed by atoms with E-state index in [1.54, 1.807) is 0 Å². The number of β-lactam (4-membered cyclic amide) rings is 1. The lowest BCUT2D eigenvalue weighted by atomic mass is 9.70. The van der Waals surface area contributed by atoms with Crippen LogP contribution >= 0.6 is 0 Å². The normalized spacial score (nSPS) is 39.8. The number of hydrogen-bond acceptors (Lipinski definition) is 3. The highest BCUT2D eigenvalue weighted by atomic mass is 16.7. The molecule has 0 bridgehead atoms. The molecule has 0 radical (unpaired) electrons. The molecule has 0 unspecified atom stereocenters. The van der Waals surface area contributed by atoms with Gasteiger partial charge in [-0.05, 0) is 6.92 Å². The first kappa shape index (κ1) is 7.53. The van der Waals surface area contributed by atoms with Gasteiger partial charge in [0.2, 0.25) is 5.91 Å². The third kappa shape index (κ3) is 0.796. The van der Waals surface area contributed by atoms with E-state index >= 15 is 0 Å². The van der Waals surface area contributed by atoms with Crippen LogP contribution in [0.2, 0.25) is 0 Å². The predicted molar refractivity (Wildman–Crippen MR) is 43.8 cm³/mol. The van der Waals surface area contributed by atoms with Gasteiger partial charge in [0.05, 0.1) is 25.2 Å². The summed E-state index contributed by atoms with van der Waals surface area (Å²) in [5.74, 6) is -0.509. The molecule has 3 aliphatic rings. The van der Waals surface area contributed by atoms with Crippen LogP contribution in [0.15, 0.2) is 11.6 Å². The summed E-state index contributed by atoms with van der Waals surface area (Å²) in [7, 11) is 0. The lowest BCUT2D eigenvalue weighted by Crippen LogP contribution is -2.66. The Balaban J connectivity index is 1.87. The zero-order valence-electron chi connectivity index (χ0n) is 7.37. The topological polar surface area (TPSA) is 47.6 Å². The molecule has 2 heterocycles. The van der Waals surface area contributed by atoms with Crippen molar-refractivity contribution < 1.29 is 14.3 Å². The lowest BCUT2D eigenvalue weighted by Gasteiger charge is -2.48. The van der Waals surface area contributed by atoms with Gasteiger partial charge in [0, 0.05) is 5.57 Å². The van der Waals surface area contributed by atoms with Crippen LogP contribution < -0.4 is 5.32 Å². The fourth-order valence-electron chi connectivity index (χ4n) is 2.17. The van der Waals surface area contributed by atoms with Crippen molar-refractivity contribution in [1.82, 2.24) is 5.32 Å². The SMILES string of the molecule is CC1(C2=C[C@@H]3NC(=O)[C@H]23)OCCO1. The molecule has 4 heteroatoms. The maximum Gasteiger partial charge on any atom is 0.230 e. The third-order valence-corrected chi connectivity index (χ3v) is 3.01. The molecule has 3 rings (SSSR count). The lowest BCUT2D eigenvalue weighted by molar-refractivity contribution is -0.147. The van der Waals surface area contributed by atoms with E-state index in [-0.39, 0.29) is 17.9 Å². The number of ether oxygens (including phenoxy) is 2. The Labute approximate surface area is 75.9 Å². The predicted octanol–water partition coefficient (Wildman–Crippen LogP) is -0.196. The molecule has 0 aromatic heterocycles. The maximum atomic E-state index is 11.1. The molecular weight excluding hydrogens is 170 g/mol. The number of nitrogens with one attached hydrogen (secondary N) is 1. The Morgan fingerprint density at radius 1 is 1.54 bits per heavy atom. The molecular formula is C9H11NO3. The van der Waals surface area contributed by atoms with E-state index in [1.165, 1.54) is 0 Å². The average Bonchev–Trinajstić information content (AvgIpc) is 2.46. The van der Waals surface area contributed by atoms with Gasteiger partial charge >= 0.3 is 0 Å². The van der Waals surface area contributed by atoms with Gasteiger partial charge in [0.1, 0.15) is 0 Å². The number of hydrogen-bond donors (Lipinski definition) is 1. The first-order valence-corrected chi connectivity index (χ1v) is 4.51. The Hall–Kier alpha value is -0.870. The molecule has 1 N–H and O–H groups in total. The molecule has 70 valence electrons. The maximum absolute atomic E-state index is 11.1. The second kappa shape index (κ2) is 2.13. The molecule has 2 fully saturated rings. The fraction of sp³-hybridized carbons (Fsp3) is 0.667. The van der Waals surface area contributed by atoms with E-state index in [9.17, 15) is 4.79 Å². The van der Waals surface area contributed by atoms with Gasteiger partial charge in [0.15, 0.2) is 5.79 Å². The summed E-state index contributed by atoms with van der Waals surface area (Å²) in [4.78, 5) is 11.1. The Kier molecular flexibility index (Phi) is 1.24. The number of carbonyl (C=O) groups excluding carboxylic acids is 1. The van der Waals surface area contributed by atoms with E-state index in [4.69, 9.17) is 9.47 Å². The van der Waals surface area contributed by atoms with E-state index in [1.807, 2.05) is 13.0 Å². The highest BCUT2D eigenvalue weighted by molar-refractivity contribution is 5.92. The van der Waals surface area contributed by atoms with Crippen LogP contribution in [0.25, 0.3) is 0 Å². The standard InChI is InChI=1S/C9H11NO3/c1-9(12-2-3-13-9)5-4-6-7(5)8(11)10-6/h4,6-7H,2-3H2,1H3,(H,10,11)/t6-,7+/m0/s1. The van der Waals surface area contributed by atoms with Crippen LogP contribution in [-0.2, 0) is 14.3 Å². The summed E-state index contributed by atoms with van der Waals surface area (Å²) in [5.41, 5.74) is 0.999. The molecule has 13 heavy (non-hydrogen) atoms. The van der Waals surface area contributed by atoms with Crippen molar-refractivity contribution in [1.29, 1.82) is 0 Å². The zero-order chi connectivity index (χ0) is 9.05. The van der Waals surface area contributed by atoms with Crippen molar-refractivity contribution in [2.75, 3.05) is 13.2 Å². The van der Waals surface area contributed by atoms with Gasteiger partial charge in [0.25, 0.3) is 0 Å². The minimum atomic E-state index is -0.626. The quantitative estimate of drug-likeness (QED) is 0.450. The Morgan fingerprint density at radius 2 is 2.23 bits per heavy atom. The molecule has 0 aromatic rings. The number of fused-ring (bicyclic) bond motifs is 1.